The van der Waals surface area contributed by atoms with Gasteiger partial charge in [0.15, 0.2) is 0 Å². The van der Waals surface area contributed by atoms with E-state index in [1.165, 1.54) is 19.3 Å². The molecular formula is C10H19NO. The first-order chi connectivity index (χ1) is 5.70. The van der Waals surface area contributed by atoms with Crippen LogP contribution in [0.3, 0.4) is 0 Å². The van der Waals surface area contributed by atoms with Crippen LogP contribution in [0.4, 0.5) is 0 Å². The summed E-state index contributed by atoms with van der Waals surface area (Å²) in [5, 5.41) is 10.0. The topological polar surface area (TPSA) is 46.2 Å². The van der Waals surface area contributed by atoms with E-state index in [0.29, 0.717) is 18.4 Å². The average Bonchev–Trinajstić information content (AvgIpc) is 2.59. The summed E-state index contributed by atoms with van der Waals surface area (Å²) in [6.45, 7) is 2.88. The molecule has 0 saturated heterocycles. The van der Waals surface area contributed by atoms with E-state index in [9.17, 15) is 5.11 Å². The van der Waals surface area contributed by atoms with E-state index in [4.69, 9.17) is 5.73 Å². The van der Waals surface area contributed by atoms with E-state index in [-0.39, 0.29) is 11.5 Å². The minimum absolute atomic E-state index is 0.105. The Balaban J connectivity index is 1.97. The molecule has 2 aliphatic rings. The van der Waals surface area contributed by atoms with Gasteiger partial charge < -0.3 is 10.8 Å². The quantitative estimate of drug-likeness (QED) is 0.665. The Morgan fingerprint density at radius 3 is 2.42 bits per heavy atom. The van der Waals surface area contributed by atoms with Gasteiger partial charge >= 0.3 is 0 Å². The Hall–Kier alpha value is -0.0800. The lowest BCUT2D eigenvalue weighted by Gasteiger charge is -2.35. The minimum atomic E-state index is -0.105. The predicted molar refractivity (Wildman–Crippen MR) is 48.6 cm³/mol. The van der Waals surface area contributed by atoms with Crippen LogP contribution in [0, 0.1) is 17.3 Å². The van der Waals surface area contributed by atoms with E-state index < -0.39 is 0 Å². The lowest BCUT2D eigenvalue weighted by atomic mass is 9.74. The van der Waals surface area contributed by atoms with Crippen molar-refractivity contribution in [2.24, 2.45) is 23.0 Å². The molecule has 0 heterocycles. The smallest absolute Gasteiger partial charge is 0.0639 e. The molecule has 3 unspecified atom stereocenters. The van der Waals surface area contributed by atoms with Crippen LogP contribution in [0.2, 0.25) is 0 Å². The summed E-state index contributed by atoms with van der Waals surface area (Å²) >= 11 is 0. The molecule has 0 aromatic rings. The first-order valence-corrected chi connectivity index (χ1v) is 5.09. The van der Waals surface area contributed by atoms with Crippen LogP contribution in [0.25, 0.3) is 0 Å². The first kappa shape index (κ1) is 8.52. The molecule has 12 heavy (non-hydrogen) atoms. The Labute approximate surface area is 74.1 Å². The van der Waals surface area contributed by atoms with Crippen LogP contribution in [-0.4, -0.2) is 17.8 Å². The van der Waals surface area contributed by atoms with Gasteiger partial charge in [-0.1, -0.05) is 13.3 Å². The zero-order chi connectivity index (χ0) is 8.77. The fourth-order valence-electron chi connectivity index (χ4n) is 2.55. The SMILES string of the molecule is CC1CC1(CN)C(O)C1CCC1. The van der Waals surface area contributed by atoms with Gasteiger partial charge in [-0.05, 0) is 31.1 Å². The summed E-state index contributed by atoms with van der Waals surface area (Å²) in [5.74, 6) is 1.22. The van der Waals surface area contributed by atoms with Gasteiger partial charge in [0.25, 0.3) is 0 Å². The van der Waals surface area contributed by atoms with Crippen LogP contribution in [-0.2, 0) is 0 Å². The highest BCUT2D eigenvalue weighted by atomic mass is 16.3. The van der Waals surface area contributed by atoms with Crippen molar-refractivity contribution in [3.05, 3.63) is 0 Å². The van der Waals surface area contributed by atoms with Crippen molar-refractivity contribution < 1.29 is 5.11 Å². The maximum Gasteiger partial charge on any atom is 0.0639 e. The van der Waals surface area contributed by atoms with Crippen molar-refractivity contribution >= 4 is 0 Å². The summed E-state index contributed by atoms with van der Waals surface area (Å²) < 4.78 is 0. The number of hydrogen-bond donors (Lipinski definition) is 2. The van der Waals surface area contributed by atoms with E-state index in [2.05, 4.69) is 6.92 Å². The Kier molecular flexibility index (Phi) is 1.92. The van der Waals surface area contributed by atoms with Gasteiger partial charge in [-0.25, -0.2) is 0 Å². The highest BCUT2D eigenvalue weighted by molar-refractivity contribution is 5.07. The Bertz CT molecular complexity index is 175. The minimum Gasteiger partial charge on any atom is -0.392 e. The zero-order valence-corrected chi connectivity index (χ0v) is 7.79. The number of hydrogen-bond acceptors (Lipinski definition) is 2. The van der Waals surface area contributed by atoms with E-state index >= 15 is 0 Å². The molecule has 0 aliphatic heterocycles. The summed E-state index contributed by atoms with van der Waals surface area (Å²) in [4.78, 5) is 0. The number of rotatable bonds is 3. The van der Waals surface area contributed by atoms with Crippen LogP contribution in [0.1, 0.15) is 32.6 Å². The van der Waals surface area contributed by atoms with Gasteiger partial charge in [0.2, 0.25) is 0 Å². The molecule has 2 saturated carbocycles. The molecule has 0 aromatic heterocycles. The molecule has 0 amide bonds. The summed E-state index contributed by atoms with van der Waals surface area (Å²) in [6, 6.07) is 0. The normalized spacial score (nSPS) is 43.8. The number of nitrogens with two attached hydrogens (primary N) is 1. The molecule has 3 atom stereocenters. The van der Waals surface area contributed by atoms with Crippen LogP contribution in [0.15, 0.2) is 0 Å². The second-order valence-electron chi connectivity index (χ2n) is 4.68. The summed E-state index contributed by atoms with van der Waals surface area (Å²) in [6.07, 6.45) is 4.77. The van der Waals surface area contributed by atoms with Crippen molar-refractivity contribution in [3.8, 4) is 0 Å². The Morgan fingerprint density at radius 2 is 2.17 bits per heavy atom. The molecule has 2 aliphatic carbocycles. The monoisotopic (exact) mass is 169 g/mol. The van der Waals surface area contributed by atoms with Crippen molar-refractivity contribution in [1.29, 1.82) is 0 Å². The lowest BCUT2D eigenvalue weighted by molar-refractivity contribution is 0.000717. The van der Waals surface area contributed by atoms with Crippen molar-refractivity contribution in [2.45, 2.75) is 38.7 Å². The van der Waals surface area contributed by atoms with E-state index in [0.717, 1.165) is 6.42 Å². The van der Waals surface area contributed by atoms with Crippen LogP contribution >= 0.6 is 0 Å². The fourth-order valence-corrected chi connectivity index (χ4v) is 2.55. The predicted octanol–water partition coefficient (Wildman–Crippen LogP) is 1.13. The van der Waals surface area contributed by atoms with E-state index in [1.807, 2.05) is 0 Å². The lowest BCUT2D eigenvalue weighted by Crippen LogP contribution is -2.39. The maximum atomic E-state index is 10.0. The van der Waals surface area contributed by atoms with Crippen LogP contribution in [0.5, 0.6) is 0 Å². The van der Waals surface area contributed by atoms with Gasteiger partial charge in [0, 0.05) is 12.0 Å². The van der Waals surface area contributed by atoms with Crippen molar-refractivity contribution in [2.75, 3.05) is 6.54 Å². The maximum absolute atomic E-state index is 10.0. The van der Waals surface area contributed by atoms with Gasteiger partial charge in [0.05, 0.1) is 6.10 Å². The number of aliphatic hydroxyl groups excluding tert-OH is 1. The van der Waals surface area contributed by atoms with Gasteiger partial charge in [-0.15, -0.1) is 0 Å². The average molecular weight is 169 g/mol. The van der Waals surface area contributed by atoms with Crippen molar-refractivity contribution in [1.82, 2.24) is 0 Å². The van der Waals surface area contributed by atoms with E-state index in [1.54, 1.807) is 0 Å². The van der Waals surface area contributed by atoms with Gasteiger partial charge in [-0.3, -0.25) is 0 Å². The van der Waals surface area contributed by atoms with Crippen molar-refractivity contribution in [3.63, 3.8) is 0 Å². The second-order valence-corrected chi connectivity index (χ2v) is 4.68. The third-order valence-electron chi connectivity index (χ3n) is 4.07. The third kappa shape index (κ3) is 1.01. The molecule has 70 valence electrons. The first-order valence-electron chi connectivity index (χ1n) is 5.09. The molecule has 2 heteroatoms. The molecule has 2 rings (SSSR count). The zero-order valence-electron chi connectivity index (χ0n) is 7.79. The Morgan fingerprint density at radius 1 is 1.58 bits per heavy atom. The highest BCUT2D eigenvalue weighted by Crippen LogP contribution is 2.57. The highest BCUT2D eigenvalue weighted by Gasteiger charge is 2.57. The number of aliphatic hydroxyl groups is 1. The molecule has 0 spiro atoms. The summed E-state index contributed by atoms with van der Waals surface area (Å²) in [7, 11) is 0. The molecular weight excluding hydrogens is 150 g/mol. The summed E-state index contributed by atoms with van der Waals surface area (Å²) in [5.41, 5.74) is 5.83. The third-order valence-corrected chi connectivity index (χ3v) is 4.07. The molecule has 3 N–H and O–H groups in total. The molecule has 0 aromatic carbocycles. The molecule has 0 radical (unpaired) electrons. The van der Waals surface area contributed by atoms with Crippen LogP contribution < -0.4 is 5.73 Å². The molecule has 2 fully saturated rings. The van der Waals surface area contributed by atoms with Gasteiger partial charge in [0.1, 0.15) is 0 Å². The largest absolute Gasteiger partial charge is 0.392 e. The second kappa shape index (κ2) is 2.71. The van der Waals surface area contributed by atoms with Gasteiger partial charge in [-0.2, -0.15) is 0 Å². The molecule has 2 nitrogen and oxygen atoms in total. The molecule has 0 bridgehead atoms. The standard InChI is InChI=1S/C10H19NO/c1-7-5-10(7,6-11)9(12)8-3-2-4-8/h7-9,12H,2-6,11H2,1H3. The fraction of sp³-hybridized carbons (Fsp3) is 1.00.